The minimum absolute atomic E-state index is 0.0313. The van der Waals surface area contributed by atoms with Crippen LogP contribution in [0.2, 0.25) is 0 Å². The number of carbonyl (C=O) groups is 2. The van der Waals surface area contributed by atoms with Crippen LogP contribution in [0, 0.1) is 0 Å². The summed E-state index contributed by atoms with van der Waals surface area (Å²) in [6.45, 7) is 4.67. The van der Waals surface area contributed by atoms with Crippen LogP contribution in [0.4, 0.5) is 5.69 Å². The second kappa shape index (κ2) is 11.0. The zero-order valence-electron chi connectivity index (χ0n) is 21.9. The highest BCUT2D eigenvalue weighted by Crippen LogP contribution is 2.41. The second-order valence-electron chi connectivity index (χ2n) is 10.3. The lowest BCUT2D eigenvalue weighted by Crippen LogP contribution is -2.52. The van der Waals surface area contributed by atoms with Crippen LogP contribution in [0.3, 0.4) is 0 Å². The first kappa shape index (κ1) is 25.4. The van der Waals surface area contributed by atoms with Gasteiger partial charge in [-0.15, -0.1) is 0 Å². The van der Waals surface area contributed by atoms with Crippen molar-refractivity contribution in [2.45, 2.75) is 57.2 Å². The molecule has 0 spiro atoms. The molecule has 0 bridgehead atoms. The minimum Gasteiger partial charge on any atom is -0.493 e. The molecule has 1 saturated heterocycles. The quantitative estimate of drug-likeness (QED) is 0.528. The van der Waals surface area contributed by atoms with E-state index in [-0.39, 0.29) is 24.3 Å². The third-order valence-corrected chi connectivity index (χ3v) is 8.29. The Bertz CT molecular complexity index is 1140. The van der Waals surface area contributed by atoms with Gasteiger partial charge in [0.15, 0.2) is 11.5 Å². The molecule has 2 aromatic carbocycles. The molecule has 2 amide bonds. The molecule has 8 heteroatoms. The van der Waals surface area contributed by atoms with E-state index in [4.69, 9.17) is 15.2 Å². The minimum atomic E-state index is -0.328. The summed E-state index contributed by atoms with van der Waals surface area (Å²) in [4.78, 5) is 32.3. The number of carbonyl (C=O) groups excluding carboxylic acids is 2. The summed E-state index contributed by atoms with van der Waals surface area (Å²) in [6, 6.07) is 12.5. The van der Waals surface area contributed by atoms with Gasteiger partial charge in [-0.05, 0) is 55.5 Å². The molecule has 198 valence electrons. The Labute approximate surface area is 219 Å². The van der Waals surface area contributed by atoms with Gasteiger partial charge in [0.05, 0.1) is 20.3 Å². The van der Waals surface area contributed by atoms with Gasteiger partial charge in [-0.1, -0.05) is 18.6 Å². The standard InChI is InChI=1S/C29H38N4O4/c1-36-26-13-12-20(18-27(26)37-2)24(9-5-11-28(30)34)33-19-23-22(29(33)35)8-4-10-25(23)32-16-14-31(15-17-32)21-6-3-7-21/h4,8,10,12-13,18,21,24H,3,5-7,9,11,14-17,19H2,1-2H3,(H2,30,34)/t24-/m1/s1. The van der Waals surface area contributed by atoms with Crippen LogP contribution in [-0.4, -0.2) is 68.1 Å². The molecule has 0 aromatic heterocycles. The van der Waals surface area contributed by atoms with Crippen molar-refractivity contribution >= 4 is 17.5 Å². The molecule has 2 heterocycles. The van der Waals surface area contributed by atoms with Crippen LogP contribution in [0.1, 0.15) is 66.1 Å². The van der Waals surface area contributed by atoms with E-state index >= 15 is 0 Å². The van der Waals surface area contributed by atoms with E-state index in [9.17, 15) is 9.59 Å². The van der Waals surface area contributed by atoms with Crippen LogP contribution in [0.25, 0.3) is 0 Å². The number of amides is 2. The molecule has 1 saturated carbocycles. The molecule has 5 rings (SSSR count). The maximum absolute atomic E-state index is 13.8. The smallest absolute Gasteiger partial charge is 0.255 e. The third-order valence-electron chi connectivity index (χ3n) is 8.29. The van der Waals surface area contributed by atoms with Gasteiger partial charge in [-0.2, -0.15) is 0 Å². The Hall–Kier alpha value is -3.26. The molecule has 2 aromatic rings. The van der Waals surface area contributed by atoms with Crippen LogP contribution in [-0.2, 0) is 11.3 Å². The van der Waals surface area contributed by atoms with E-state index in [1.807, 2.05) is 35.2 Å². The van der Waals surface area contributed by atoms with E-state index < -0.39 is 0 Å². The average Bonchev–Trinajstić information content (AvgIpc) is 3.21. The van der Waals surface area contributed by atoms with Crippen LogP contribution >= 0.6 is 0 Å². The first-order valence-corrected chi connectivity index (χ1v) is 13.4. The largest absolute Gasteiger partial charge is 0.493 e. The molecule has 8 nitrogen and oxygen atoms in total. The van der Waals surface area contributed by atoms with Crippen molar-refractivity contribution in [3.63, 3.8) is 0 Å². The summed E-state index contributed by atoms with van der Waals surface area (Å²) in [5, 5.41) is 0. The molecule has 37 heavy (non-hydrogen) atoms. The lowest BCUT2D eigenvalue weighted by atomic mass is 9.91. The molecule has 2 aliphatic heterocycles. The predicted molar refractivity (Wildman–Crippen MR) is 143 cm³/mol. The van der Waals surface area contributed by atoms with Gasteiger partial charge in [-0.3, -0.25) is 14.5 Å². The number of nitrogens with two attached hydrogens (primary N) is 1. The number of methoxy groups -OCH3 is 2. The van der Waals surface area contributed by atoms with E-state index in [0.717, 1.165) is 48.9 Å². The SMILES string of the molecule is COc1ccc([C@@H](CCCC(N)=O)N2Cc3c(cccc3N3CCN(C4CCC4)CC3)C2=O)cc1OC. The number of hydrogen-bond donors (Lipinski definition) is 1. The molecule has 0 unspecified atom stereocenters. The highest BCUT2D eigenvalue weighted by atomic mass is 16.5. The molecule has 1 atom stereocenters. The summed E-state index contributed by atoms with van der Waals surface area (Å²) in [6.07, 6.45) is 5.54. The Morgan fingerprint density at radius 2 is 1.81 bits per heavy atom. The molecule has 2 N–H and O–H groups in total. The van der Waals surface area contributed by atoms with Crippen LogP contribution < -0.4 is 20.1 Å². The number of nitrogens with zero attached hydrogens (tertiary/aromatic N) is 3. The molecule has 0 radical (unpaired) electrons. The molecular weight excluding hydrogens is 468 g/mol. The summed E-state index contributed by atoms with van der Waals surface area (Å²) >= 11 is 0. The third kappa shape index (κ3) is 5.12. The number of ether oxygens (including phenoxy) is 2. The van der Waals surface area contributed by atoms with Crippen molar-refractivity contribution in [1.82, 2.24) is 9.80 Å². The first-order chi connectivity index (χ1) is 18.0. The predicted octanol–water partition coefficient (Wildman–Crippen LogP) is 3.73. The van der Waals surface area contributed by atoms with Gasteiger partial charge >= 0.3 is 0 Å². The normalized spacial score (nSPS) is 18.9. The lowest BCUT2D eigenvalue weighted by Gasteiger charge is -2.44. The summed E-state index contributed by atoms with van der Waals surface area (Å²) < 4.78 is 11.0. The van der Waals surface area contributed by atoms with Crippen molar-refractivity contribution in [1.29, 1.82) is 0 Å². The van der Waals surface area contributed by atoms with Crippen molar-refractivity contribution in [3.8, 4) is 11.5 Å². The zero-order valence-corrected chi connectivity index (χ0v) is 21.9. The Kier molecular flexibility index (Phi) is 7.55. The zero-order chi connectivity index (χ0) is 25.9. The number of benzene rings is 2. The fourth-order valence-corrected chi connectivity index (χ4v) is 6.00. The van der Waals surface area contributed by atoms with Crippen molar-refractivity contribution < 1.29 is 19.1 Å². The van der Waals surface area contributed by atoms with Crippen molar-refractivity contribution in [3.05, 3.63) is 53.1 Å². The van der Waals surface area contributed by atoms with E-state index in [0.29, 0.717) is 30.9 Å². The Morgan fingerprint density at radius 3 is 2.46 bits per heavy atom. The van der Waals surface area contributed by atoms with Crippen molar-refractivity contribution in [2.75, 3.05) is 45.3 Å². The number of hydrogen-bond acceptors (Lipinski definition) is 6. The average molecular weight is 507 g/mol. The highest BCUT2D eigenvalue weighted by Gasteiger charge is 2.37. The first-order valence-electron chi connectivity index (χ1n) is 13.4. The lowest BCUT2D eigenvalue weighted by molar-refractivity contribution is -0.118. The van der Waals surface area contributed by atoms with Gasteiger partial charge in [-0.25, -0.2) is 0 Å². The number of rotatable bonds is 10. The molecular formula is C29H38N4O4. The highest BCUT2D eigenvalue weighted by molar-refractivity contribution is 6.00. The number of anilines is 1. The van der Waals surface area contributed by atoms with Gasteiger partial charge in [0.25, 0.3) is 5.91 Å². The van der Waals surface area contributed by atoms with E-state index in [1.54, 1.807) is 14.2 Å². The summed E-state index contributed by atoms with van der Waals surface area (Å²) in [5.74, 6) is 0.963. The topological polar surface area (TPSA) is 88.3 Å². The van der Waals surface area contributed by atoms with Gasteiger partial charge in [0, 0.05) is 62.0 Å². The van der Waals surface area contributed by atoms with Crippen molar-refractivity contribution in [2.24, 2.45) is 5.73 Å². The Morgan fingerprint density at radius 1 is 1.05 bits per heavy atom. The number of fused-ring (bicyclic) bond motifs is 1. The fourth-order valence-electron chi connectivity index (χ4n) is 6.00. The van der Waals surface area contributed by atoms with E-state index in [2.05, 4.69) is 15.9 Å². The molecule has 2 fully saturated rings. The van der Waals surface area contributed by atoms with E-state index in [1.165, 1.54) is 24.9 Å². The number of piperazine rings is 1. The fraction of sp³-hybridized carbons (Fsp3) is 0.517. The van der Waals surface area contributed by atoms with Gasteiger partial charge < -0.3 is 25.0 Å². The van der Waals surface area contributed by atoms with Gasteiger partial charge in [0.1, 0.15) is 0 Å². The summed E-state index contributed by atoms with van der Waals surface area (Å²) in [5.41, 5.74) is 9.44. The van der Waals surface area contributed by atoms with Gasteiger partial charge in [0.2, 0.25) is 5.91 Å². The molecule has 3 aliphatic rings. The second-order valence-corrected chi connectivity index (χ2v) is 10.3. The monoisotopic (exact) mass is 506 g/mol. The van der Waals surface area contributed by atoms with Crippen LogP contribution in [0.15, 0.2) is 36.4 Å². The summed E-state index contributed by atoms with van der Waals surface area (Å²) in [7, 11) is 3.22. The molecule has 1 aliphatic carbocycles. The maximum atomic E-state index is 13.8. The van der Waals surface area contributed by atoms with Crippen LogP contribution in [0.5, 0.6) is 11.5 Å². The Balaban J connectivity index is 1.39. The maximum Gasteiger partial charge on any atom is 0.255 e. The number of primary amides is 1.